The fraction of sp³-hybridized carbons (Fsp3) is 0.333. The second-order valence-electron chi connectivity index (χ2n) is 4.03. The molecule has 1 unspecified atom stereocenters. The summed E-state index contributed by atoms with van der Waals surface area (Å²) in [5, 5.41) is 0. The van der Waals surface area contributed by atoms with Crippen LogP contribution in [0.4, 0.5) is 9.59 Å². The Morgan fingerprint density at radius 2 is 1.71 bits per heavy atom. The van der Waals surface area contributed by atoms with Gasteiger partial charge < -0.3 is 20.9 Å². The Balaban J connectivity index is 2.97. The lowest BCUT2D eigenvalue weighted by atomic mass is 10.1. The summed E-state index contributed by atoms with van der Waals surface area (Å²) in [5.41, 5.74) is 10.2. The van der Waals surface area contributed by atoms with Crippen LogP contribution < -0.4 is 11.5 Å². The van der Waals surface area contributed by atoms with E-state index in [4.69, 9.17) is 16.2 Å². The fourth-order valence-electron chi connectivity index (χ4n) is 1.55. The van der Waals surface area contributed by atoms with Crippen molar-refractivity contribution in [1.29, 1.82) is 0 Å². The van der Waals surface area contributed by atoms with Crippen molar-refractivity contribution in [3.8, 4) is 0 Å². The van der Waals surface area contributed by atoms with E-state index in [1.807, 2.05) is 0 Å². The molecule has 1 atom stereocenters. The van der Waals surface area contributed by atoms with Gasteiger partial charge in [-0.25, -0.2) is 18.0 Å². The molecule has 0 aliphatic carbocycles. The number of sulfone groups is 1. The van der Waals surface area contributed by atoms with E-state index in [-0.39, 0.29) is 17.3 Å². The molecular weight excluding hydrogens is 300 g/mol. The van der Waals surface area contributed by atoms with Crippen molar-refractivity contribution in [3.05, 3.63) is 29.8 Å². The number of carbonyl (C=O) groups is 2. The zero-order valence-electron chi connectivity index (χ0n) is 11.3. The third-order valence-electron chi connectivity index (χ3n) is 2.63. The fourth-order valence-corrected chi connectivity index (χ4v) is 2.44. The summed E-state index contributed by atoms with van der Waals surface area (Å²) in [4.78, 5) is 21.6. The molecule has 0 aromatic heterocycles. The van der Waals surface area contributed by atoms with Crippen LogP contribution in [0.15, 0.2) is 29.2 Å². The summed E-state index contributed by atoms with van der Waals surface area (Å²) in [6, 6.07) is 5.63. The van der Waals surface area contributed by atoms with Gasteiger partial charge in [-0.1, -0.05) is 19.1 Å². The standard InChI is InChI=1S/C12H16N2O6S/c1-2-21(17,18)9-5-3-8(4-6-9)10(20-12(14)16)7-19-11(13)15/h3-6,10H,2,7H2,1H3,(H2,13,15)(H2,14,16). The normalized spacial score (nSPS) is 12.4. The number of carbonyl (C=O) groups excluding carboxylic acids is 2. The minimum absolute atomic E-state index is 0.0294. The average molecular weight is 316 g/mol. The Morgan fingerprint density at radius 3 is 2.14 bits per heavy atom. The highest BCUT2D eigenvalue weighted by atomic mass is 32.2. The molecule has 0 saturated heterocycles. The van der Waals surface area contributed by atoms with E-state index in [1.54, 1.807) is 0 Å². The molecular formula is C12H16N2O6S. The van der Waals surface area contributed by atoms with Crippen LogP contribution in [0.3, 0.4) is 0 Å². The zero-order valence-corrected chi connectivity index (χ0v) is 12.1. The van der Waals surface area contributed by atoms with Gasteiger partial charge in [-0.2, -0.15) is 0 Å². The molecule has 21 heavy (non-hydrogen) atoms. The van der Waals surface area contributed by atoms with Crippen molar-refractivity contribution in [3.63, 3.8) is 0 Å². The molecule has 0 heterocycles. The predicted molar refractivity (Wildman–Crippen MR) is 73.1 cm³/mol. The van der Waals surface area contributed by atoms with Gasteiger partial charge in [0, 0.05) is 0 Å². The quantitative estimate of drug-likeness (QED) is 0.792. The Morgan fingerprint density at radius 1 is 1.14 bits per heavy atom. The maximum atomic E-state index is 11.7. The van der Waals surface area contributed by atoms with Crippen molar-refractivity contribution in [1.82, 2.24) is 0 Å². The average Bonchev–Trinajstić information content (AvgIpc) is 2.43. The van der Waals surface area contributed by atoms with Gasteiger partial charge in [0.1, 0.15) is 6.61 Å². The number of rotatable bonds is 6. The molecule has 2 amide bonds. The summed E-state index contributed by atoms with van der Waals surface area (Å²) in [6.07, 6.45) is -3.05. The first-order valence-electron chi connectivity index (χ1n) is 5.97. The van der Waals surface area contributed by atoms with Gasteiger partial charge in [0.25, 0.3) is 0 Å². The van der Waals surface area contributed by atoms with Crippen LogP contribution in [0.1, 0.15) is 18.6 Å². The van der Waals surface area contributed by atoms with Gasteiger partial charge in [-0.3, -0.25) is 0 Å². The number of benzene rings is 1. The van der Waals surface area contributed by atoms with Gasteiger partial charge in [0.05, 0.1) is 10.6 Å². The molecule has 0 spiro atoms. The van der Waals surface area contributed by atoms with Crippen LogP contribution in [0.5, 0.6) is 0 Å². The van der Waals surface area contributed by atoms with Crippen molar-refractivity contribution >= 4 is 22.0 Å². The summed E-state index contributed by atoms with van der Waals surface area (Å²) in [6.45, 7) is 1.21. The molecule has 0 fully saturated rings. The lowest BCUT2D eigenvalue weighted by molar-refractivity contribution is 0.0512. The Labute approximate surface area is 121 Å². The van der Waals surface area contributed by atoms with Gasteiger partial charge in [-0.15, -0.1) is 0 Å². The van der Waals surface area contributed by atoms with Crippen LogP contribution in [-0.4, -0.2) is 33.0 Å². The SMILES string of the molecule is CCS(=O)(=O)c1ccc(C(COC(N)=O)OC(N)=O)cc1. The minimum Gasteiger partial charge on any atom is -0.445 e. The molecule has 1 aromatic carbocycles. The first kappa shape index (κ1) is 16.8. The molecule has 116 valence electrons. The summed E-state index contributed by atoms with van der Waals surface area (Å²) in [5.74, 6) is -0.0294. The topological polar surface area (TPSA) is 139 Å². The van der Waals surface area contributed by atoms with Crippen molar-refractivity contribution < 1.29 is 27.5 Å². The molecule has 1 rings (SSSR count). The molecule has 0 bridgehead atoms. The Bertz CT molecular complexity index is 611. The number of hydrogen-bond acceptors (Lipinski definition) is 6. The van der Waals surface area contributed by atoms with Gasteiger partial charge in [0.15, 0.2) is 15.9 Å². The van der Waals surface area contributed by atoms with Crippen molar-refractivity contribution in [2.75, 3.05) is 12.4 Å². The molecule has 0 radical (unpaired) electrons. The van der Waals surface area contributed by atoms with Gasteiger partial charge >= 0.3 is 12.2 Å². The van der Waals surface area contributed by atoms with Gasteiger partial charge in [-0.05, 0) is 17.7 Å². The third-order valence-corrected chi connectivity index (χ3v) is 4.38. The molecule has 4 N–H and O–H groups in total. The molecule has 8 nitrogen and oxygen atoms in total. The molecule has 1 aromatic rings. The minimum atomic E-state index is -3.33. The van der Waals surface area contributed by atoms with E-state index in [1.165, 1.54) is 31.2 Å². The maximum absolute atomic E-state index is 11.7. The molecule has 0 saturated carbocycles. The number of nitrogens with two attached hydrogens (primary N) is 2. The van der Waals surface area contributed by atoms with Crippen LogP contribution in [0, 0.1) is 0 Å². The highest BCUT2D eigenvalue weighted by Crippen LogP contribution is 2.21. The first-order chi connectivity index (χ1) is 9.76. The lowest BCUT2D eigenvalue weighted by Crippen LogP contribution is -2.24. The largest absolute Gasteiger partial charge is 0.445 e. The summed E-state index contributed by atoms with van der Waals surface area (Å²) >= 11 is 0. The second-order valence-corrected chi connectivity index (χ2v) is 6.31. The lowest BCUT2D eigenvalue weighted by Gasteiger charge is -2.16. The highest BCUT2D eigenvalue weighted by molar-refractivity contribution is 7.91. The summed E-state index contributed by atoms with van der Waals surface area (Å²) < 4.78 is 32.7. The summed E-state index contributed by atoms with van der Waals surface area (Å²) in [7, 11) is -3.33. The number of hydrogen-bond donors (Lipinski definition) is 2. The zero-order chi connectivity index (χ0) is 16.0. The predicted octanol–water partition coefficient (Wildman–Crippen LogP) is 0.712. The second kappa shape index (κ2) is 6.93. The van der Waals surface area contributed by atoms with Crippen LogP contribution >= 0.6 is 0 Å². The smallest absolute Gasteiger partial charge is 0.405 e. The maximum Gasteiger partial charge on any atom is 0.405 e. The highest BCUT2D eigenvalue weighted by Gasteiger charge is 2.19. The van der Waals surface area contributed by atoms with E-state index in [0.717, 1.165) is 0 Å². The Hall–Kier alpha value is -2.29. The molecule has 0 aliphatic heterocycles. The van der Waals surface area contributed by atoms with Crippen LogP contribution in [0.2, 0.25) is 0 Å². The van der Waals surface area contributed by atoms with E-state index < -0.39 is 28.1 Å². The first-order valence-corrected chi connectivity index (χ1v) is 7.62. The number of primary amides is 2. The van der Waals surface area contributed by atoms with Crippen LogP contribution in [0.25, 0.3) is 0 Å². The molecule has 0 aliphatic rings. The van der Waals surface area contributed by atoms with E-state index in [0.29, 0.717) is 5.56 Å². The third kappa shape index (κ3) is 4.95. The van der Waals surface area contributed by atoms with E-state index in [2.05, 4.69) is 4.74 Å². The number of ether oxygens (including phenoxy) is 2. The van der Waals surface area contributed by atoms with Gasteiger partial charge in [0.2, 0.25) is 0 Å². The van der Waals surface area contributed by atoms with Crippen molar-refractivity contribution in [2.24, 2.45) is 11.5 Å². The monoisotopic (exact) mass is 316 g/mol. The van der Waals surface area contributed by atoms with E-state index >= 15 is 0 Å². The van der Waals surface area contributed by atoms with Crippen LogP contribution in [-0.2, 0) is 19.3 Å². The van der Waals surface area contributed by atoms with E-state index in [9.17, 15) is 18.0 Å². The van der Waals surface area contributed by atoms with Crippen molar-refractivity contribution in [2.45, 2.75) is 17.9 Å². The molecule has 9 heteroatoms. The Kier molecular flexibility index (Phi) is 5.53. The number of amides is 2.